The highest BCUT2D eigenvalue weighted by Gasteiger charge is 2.25. The average molecular weight is 247 g/mol. The standard InChI is InChI=1S/C10H11ClO3S/c11-15(12,13)7-8-5-6-14-10-4-2-1-3-9(8)10/h1-4,8H,5-7H2/t8-/m1/s1. The predicted octanol–water partition coefficient (Wildman–Crippen LogP) is 2.12. The number of hydrogen-bond donors (Lipinski definition) is 0. The van der Waals surface area contributed by atoms with Crippen LogP contribution >= 0.6 is 10.7 Å². The maximum atomic E-state index is 11.0. The van der Waals surface area contributed by atoms with Crippen molar-refractivity contribution in [1.82, 2.24) is 0 Å². The molecule has 0 N–H and O–H groups in total. The minimum atomic E-state index is -3.45. The molecule has 2 rings (SSSR count). The first-order chi connectivity index (χ1) is 7.06. The van der Waals surface area contributed by atoms with Crippen molar-refractivity contribution in [1.29, 1.82) is 0 Å². The van der Waals surface area contributed by atoms with Gasteiger partial charge >= 0.3 is 0 Å². The lowest BCUT2D eigenvalue weighted by Crippen LogP contribution is -2.19. The summed E-state index contributed by atoms with van der Waals surface area (Å²) in [5.41, 5.74) is 0.938. The average Bonchev–Trinajstić information content (AvgIpc) is 2.16. The van der Waals surface area contributed by atoms with Crippen LogP contribution in [0.1, 0.15) is 17.9 Å². The molecule has 0 fully saturated rings. The minimum Gasteiger partial charge on any atom is -0.493 e. The molecular formula is C10H11ClO3S. The molecule has 1 aromatic rings. The molecule has 0 aliphatic carbocycles. The summed E-state index contributed by atoms with van der Waals surface area (Å²) >= 11 is 0. The monoisotopic (exact) mass is 246 g/mol. The highest BCUT2D eigenvalue weighted by molar-refractivity contribution is 8.13. The molecule has 0 spiro atoms. The van der Waals surface area contributed by atoms with Crippen LogP contribution in [0.5, 0.6) is 5.75 Å². The molecule has 5 heteroatoms. The molecule has 1 aliphatic rings. The lowest BCUT2D eigenvalue weighted by molar-refractivity contribution is 0.273. The second-order valence-electron chi connectivity index (χ2n) is 3.58. The van der Waals surface area contributed by atoms with E-state index in [9.17, 15) is 8.42 Å². The molecule has 0 saturated heterocycles. The third-order valence-electron chi connectivity index (χ3n) is 2.48. The van der Waals surface area contributed by atoms with Crippen LogP contribution in [0, 0.1) is 0 Å². The van der Waals surface area contributed by atoms with E-state index < -0.39 is 9.05 Å². The quantitative estimate of drug-likeness (QED) is 0.751. The van der Waals surface area contributed by atoms with E-state index in [1.807, 2.05) is 24.3 Å². The summed E-state index contributed by atoms with van der Waals surface area (Å²) in [4.78, 5) is 0. The van der Waals surface area contributed by atoms with Gasteiger partial charge in [-0.25, -0.2) is 8.42 Å². The SMILES string of the molecule is O=S(=O)(Cl)C[C@H]1CCOc2ccccc21. The fraction of sp³-hybridized carbons (Fsp3) is 0.400. The number of para-hydroxylation sites is 1. The van der Waals surface area contributed by atoms with Gasteiger partial charge in [0.2, 0.25) is 9.05 Å². The van der Waals surface area contributed by atoms with Crippen molar-refractivity contribution in [3.63, 3.8) is 0 Å². The first-order valence-electron chi connectivity index (χ1n) is 4.70. The maximum Gasteiger partial charge on any atom is 0.233 e. The van der Waals surface area contributed by atoms with Crippen molar-refractivity contribution in [2.75, 3.05) is 12.4 Å². The Bertz CT molecular complexity index is 455. The Labute approximate surface area is 93.4 Å². The molecule has 15 heavy (non-hydrogen) atoms. The second kappa shape index (κ2) is 4.02. The molecule has 0 radical (unpaired) electrons. The van der Waals surface area contributed by atoms with Gasteiger partial charge in [0.1, 0.15) is 5.75 Å². The Morgan fingerprint density at radius 2 is 2.13 bits per heavy atom. The molecule has 0 unspecified atom stereocenters. The van der Waals surface area contributed by atoms with E-state index in [-0.39, 0.29) is 11.7 Å². The largest absolute Gasteiger partial charge is 0.493 e. The number of halogens is 1. The topological polar surface area (TPSA) is 43.4 Å². The number of rotatable bonds is 2. The van der Waals surface area contributed by atoms with Gasteiger partial charge in [0.05, 0.1) is 12.4 Å². The fourth-order valence-corrected chi connectivity index (χ4v) is 3.11. The molecule has 0 amide bonds. The zero-order chi connectivity index (χ0) is 10.9. The smallest absolute Gasteiger partial charge is 0.233 e. The molecule has 1 aliphatic heterocycles. The highest BCUT2D eigenvalue weighted by atomic mass is 35.7. The third kappa shape index (κ3) is 2.63. The number of ether oxygens (including phenoxy) is 1. The summed E-state index contributed by atoms with van der Waals surface area (Å²) in [6.07, 6.45) is 0.697. The van der Waals surface area contributed by atoms with Gasteiger partial charge in [0.15, 0.2) is 0 Å². The zero-order valence-electron chi connectivity index (χ0n) is 8.02. The van der Waals surface area contributed by atoms with Gasteiger partial charge in [0.25, 0.3) is 0 Å². The normalized spacial score (nSPS) is 20.5. The second-order valence-corrected chi connectivity index (χ2v) is 6.40. The fourth-order valence-electron chi connectivity index (χ4n) is 1.83. The molecule has 3 nitrogen and oxygen atoms in total. The first-order valence-corrected chi connectivity index (χ1v) is 7.18. The van der Waals surface area contributed by atoms with E-state index in [2.05, 4.69) is 0 Å². The Hall–Kier alpha value is -0.740. The summed E-state index contributed by atoms with van der Waals surface area (Å²) in [5.74, 6) is 0.709. The molecule has 1 aromatic carbocycles. The highest BCUT2D eigenvalue weighted by Crippen LogP contribution is 2.34. The van der Waals surface area contributed by atoms with Crippen LogP contribution in [0.4, 0.5) is 0 Å². The Morgan fingerprint density at radius 1 is 1.40 bits per heavy atom. The van der Waals surface area contributed by atoms with Gasteiger partial charge < -0.3 is 4.74 Å². The lowest BCUT2D eigenvalue weighted by atomic mass is 9.95. The van der Waals surface area contributed by atoms with Crippen molar-refractivity contribution in [2.24, 2.45) is 0 Å². The van der Waals surface area contributed by atoms with Crippen LogP contribution in [0.25, 0.3) is 0 Å². The Kier molecular flexibility index (Phi) is 2.89. The molecule has 1 atom stereocenters. The van der Waals surface area contributed by atoms with Crippen LogP contribution < -0.4 is 4.74 Å². The van der Waals surface area contributed by atoms with Crippen molar-refractivity contribution >= 4 is 19.7 Å². The van der Waals surface area contributed by atoms with Crippen LogP contribution in [0.2, 0.25) is 0 Å². The van der Waals surface area contributed by atoms with Gasteiger partial charge in [-0.2, -0.15) is 0 Å². The van der Waals surface area contributed by atoms with Gasteiger partial charge in [-0.3, -0.25) is 0 Å². The van der Waals surface area contributed by atoms with E-state index in [0.29, 0.717) is 13.0 Å². The van der Waals surface area contributed by atoms with E-state index in [1.54, 1.807) is 0 Å². The van der Waals surface area contributed by atoms with Crippen molar-refractivity contribution in [2.45, 2.75) is 12.3 Å². The molecule has 82 valence electrons. The number of fused-ring (bicyclic) bond motifs is 1. The van der Waals surface area contributed by atoms with Crippen molar-refractivity contribution < 1.29 is 13.2 Å². The third-order valence-corrected chi connectivity index (χ3v) is 3.66. The van der Waals surface area contributed by atoms with Gasteiger partial charge in [-0.05, 0) is 18.1 Å². The minimum absolute atomic E-state index is 0.0189. The molecular weight excluding hydrogens is 236 g/mol. The summed E-state index contributed by atoms with van der Waals surface area (Å²) in [6.45, 7) is 0.550. The van der Waals surface area contributed by atoms with Gasteiger partial charge in [0, 0.05) is 16.6 Å². The molecule has 0 aromatic heterocycles. The van der Waals surface area contributed by atoms with E-state index in [0.717, 1.165) is 11.3 Å². The van der Waals surface area contributed by atoms with Crippen molar-refractivity contribution in [3.05, 3.63) is 29.8 Å². The number of hydrogen-bond acceptors (Lipinski definition) is 3. The van der Waals surface area contributed by atoms with Crippen molar-refractivity contribution in [3.8, 4) is 5.75 Å². The molecule has 0 bridgehead atoms. The summed E-state index contributed by atoms with van der Waals surface area (Å²) < 4.78 is 27.5. The summed E-state index contributed by atoms with van der Waals surface area (Å²) in [5, 5.41) is 0. The van der Waals surface area contributed by atoms with Crippen LogP contribution in [0.15, 0.2) is 24.3 Å². The molecule has 1 heterocycles. The van der Waals surface area contributed by atoms with Gasteiger partial charge in [-0.1, -0.05) is 18.2 Å². The van der Waals surface area contributed by atoms with E-state index in [4.69, 9.17) is 15.4 Å². The predicted molar refractivity (Wildman–Crippen MR) is 58.9 cm³/mol. The van der Waals surface area contributed by atoms with Crippen LogP contribution in [-0.4, -0.2) is 20.8 Å². The summed E-state index contributed by atoms with van der Waals surface area (Å²) in [7, 11) is 1.81. The lowest BCUT2D eigenvalue weighted by Gasteiger charge is -2.24. The number of benzene rings is 1. The Morgan fingerprint density at radius 3 is 2.87 bits per heavy atom. The van der Waals surface area contributed by atoms with Gasteiger partial charge in [-0.15, -0.1) is 0 Å². The maximum absolute atomic E-state index is 11.0. The van der Waals surface area contributed by atoms with E-state index >= 15 is 0 Å². The summed E-state index contributed by atoms with van der Waals surface area (Å²) in [6, 6.07) is 7.49. The van der Waals surface area contributed by atoms with Crippen LogP contribution in [-0.2, 0) is 9.05 Å². The zero-order valence-corrected chi connectivity index (χ0v) is 9.59. The first kappa shape index (κ1) is 10.8. The molecule has 0 saturated carbocycles. The van der Waals surface area contributed by atoms with Crippen LogP contribution in [0.3, 0.4) is 0 Å². The van der Waals surface area contributed by atoms with E-state index in [1.165, 1.54) is 0 Å². The Balaban J connectivity index is 2.30.